The SMILES string of the molecule is Nc1c(Cl)c(F)nc(OCC(=O)O)c1Cl.[Na]. The van der Waals surface area contributed by atoms with Gasteiger partial charge in [-0.15, -0.1) is 0 Å². The van der Waals surface area contributed by atoms with Crippen molar-refractivity contribution in [1.82, 2.24) is 4.98 Å². The van der Waals surface area contributed by atoms with Crippen molar-refractivity contribution in [3.8, 4) is 5.88 Å². The summed E-state index contributed by atoms with van der Waals surface area (Å²) in [4.78, 5) is 13.4. The molecule has 0 atom stereocenters. The van der Waals surface area contributed by atoms with Gasteiger partial charge in [0.25, 0.3) is 0 Å². The van der Waals surface area contributed by atoms with E-state index in [-0.39, 0.29) is 40.3 Å². The van der Waals surface area contributed by atoms with Crippen molar-refractivity contribution >= 4 is 64.4 Å². The van der Waals surface area contributed by atoms with Crippen molar-refractivity contribution in [3.05, 3.63) is 16.0 Å². The van der Waals surface area contributed by atoms with Crippen LogP contribution in [0.2, 0.25) is 10.0 Å². The second-order valence-corrected chi connectivity index (χ2v) is 3.19. The van der Waals surface area contributed by atoms with Crippen LogP contribution in [0.4, 0.5) is 10.1 Å². The third-order valence-corrected chi connectivity index (χ3v) is 2.10. The van der Waals surface area contributed by atoms with E-state index in [2.05, 4.69) is 9.72 Å². The molecule has 0 aliphatic heterocycles. The van der Waals surface area contributed by atoms with Gasteiger partial charge in [0.05, 0.1) is 5.69 Å². The van der Waals surface area contributed by atoms with E-state index in [9.17, 15) is 9.18 Å². The Labute approximate surface area is 122 Å². The number of hydrogen-bond acceptors (Lipinski definition) is 4. The van der Waals surface area contributed by atoms with Crippen LogP contribution < -0.4 is 10.5 Å². The molecule has 1 radical (unpaired) electrons. The number of ether oxygens (including phenoxy) is 1. The van der Waals surface area contributed by atoms with Crippen LogP contribution >= 0.6 is 23.2 Å². The molecule has 9 heteroatoms. The van der Waals surface area contributed by atoms with E-state index in [1.165, 1.54) is 0 Å². The quantitative estimate of drug-likeness (QED) is 0.640. The van der Waals surface area contributed by atoms with Crippen molar-refractivity contribution < 1.29 is 19.0 Å². The van der Waals surface area contributed by atoms with Gasteiger partial charge >= 0.3 is 5.97 Å². The number of carbonyl (C=O) groups is 1. The molecule has 1 aromatic rings. The van der Waals surface area contributed by atoms with Crippen molar-refractivity contribution in [1.29, 1.82) is 0 Å². The Morgan fingerprint density at radius 1 is 1.50 bits per heavy atom. The molecule has 0 unspecified atom stereocenters. The molecule has 3 N–H and O–H groups in total. The second kappa shape index (κ2) is 6.46. The molecule has 0 aliphatic rings. The summed E-state index contributed by atoms with van der Waals surface area (Å²) in [5.74, 6) is -2.72. The third kappa shape index (κ3) is 3.64. The standard InChI is InChI=1S/C7H5Cl2FN2O3.Na/c8-3-5(11)4(9)7(12-6(3)10)15-1-2(13)14;/h1H2,(H2,11,12)(H,13,14);. The fourth-order valence-electron chi connectivity index (χ4n) is 0.736. The largest absolute Gasteiger partial charge is 0.479 e. The zero-order chi connectivity index (χ0) is 11.6. The predicted octanol–water partition coefficient (Wildman–Crippen LogP) is 1.19. The van der Waals surface area contributed by atoms with Gasteiger partial charge in [-0.05, 0) is 0 Å². The fourth-order valence-corrected chi connectivity index (χ4v) is 1.11. The Morgan fingerprint density at radius 3 is 2.56 bits per heavy atom. The zero-order valence-corrected chi connectivity index (χ0v) is 11.6. The van der Waals surface area contributed by atoms with Crippen LogP contribution in [0.25, 0.3) is 0 Å². The predicted molar refractivity (Wildman–Crippen MR) is 57.5 cm³/mol. The van der Waals surface area contributed by atoms with Crippen LogP contribution in [0, 0.1) is 5.95 Å². The Bertz CT molecular complexity index is 419. The molecule has 0 aliphatic carbocycles. The first-order chi connectivity index (χ1) is 6.93. The number of carboxylic acid groups (broad SMARTS) is 1. The number of carboxylic acids is 1. The van der Waals surface area contributed by atoms with Crippen molar-refractivity contribution in [2.75, 3.05) is 12.3 Å². The molecule has 1 aromatic heterocycles. The van der Waals surface area contributed by atoms with E-state index in [0.29, 0.717) is 0 Å². The van der Waals surface area contributed by atoms with Gasteiger partial charge < -0.3 is 15.6 Å². The third-order valence-electron chi connectivity index (χ3n) is 1.37. The van der Waals surface area contributed by atoms with E-state index in [1.807, 2.05) is 0 Å². The van der Waals surface area contributed by atoms with Gasteiger partial charge in [-0.2, -0.15) is 9.37 Å². The molecule has 0 bridgehead atoms. The normalized spacial score (nSPS) is 9.44. The molecule has 83 valence electrons. The van der Waals surface area contributed by atoms with Crippen molar-refractivity contribution in [2.45, 2.75) is 0 Å². The van der Waals surface area contributed by atoms with Gasteiger partial charge in [-0.1, -0.05) is 23.2 Å². The molecular formula is C7H5Cl2FN2NaO3. The summed E-state index contributed by atoms with van der Waals surface area (Å²) in [5, 5.41) is 7.66. The van der Waals surface area contributed by atoms with E-state index >= 15 is 0 Å². The maximum absolute atomic E-state index is 12.9. The molecule has 0 spiro atoms. The number of nitrogens with zero attached hydrogens (tertiary/aromatic N) is 1. The smallest absolute Gasteiger partial charge is 0.341 e. The van der Waals surface area contributed by atoms with Gasteiger partial charge in [0.1, 0.15) is 10.0 Å². The van der Waals surface area contributed by atoms with Gasteiger partial charge in [0.2, 0.25) is 11.8 Å². The molecule has 0 saturated carbocycles. The Morgan fingerprint density at radius 2 is 2.06 bits per heavy atom. The molecule has 0 fully saturated rings. The Balaban J connectivity index is 0.00000225. The average molecular weight is 278 g/mol. The summed E-state index contributed by atoms with van der Waals surface area (Å²) in [6.45, 7) is -0.701. The first-order valence-electron chi connectivity index (χ1n) is 3.58. The summed E-state index contributed by atoms with van der Waals surface area (Å²) in [5.41, 5.74) is 5.07. The number of halogens is 3. The zero-order valence-electron chi connectivity index (χ0n) is 8.13. The van der Waals surface area contributed by atoms with Gasteiger partial charge in [-0.25, -0.2) is 4.79 Å². The second-order valence-electron chi connectivity index (χ2n) is 2.43. The monoisotopic (exact) mass is 277 g/mol. The Kier molecular flexibility index (Phi) is 6.35. The maximum atomic E-state index is 12.9. The number of aromatic nitrogens is 1. The molecule has 0 amide bonds. The number of pyridine rings is 1. The number of aliphatic carboxylic acids is 1. The molecule has 16 heavy (non-hydrogen) atoms. The number of nitrogen functional groups attached to an aromatic ring is 1. The van der Waals surface area contributed by atoms with Crippen LogP contribution in [-0.4, -0.2) is 52.2 Å². The van der Waals surface area contributed by atoms with Crippen LogP contribution in [0.15, 0.2) is 0 Å². The van der Waals surface area contributed by atoms with Gasteiger partial charge in [-0.3, -0.25) is 0 Å². The minimum absolute atomic E-state index is 0. The first-order valence-corrected chi connectivity index (χ1v) is 4.33. The molecule has 0 saturated heterocycles. The van der Waals surface area contributed by atoms with Crippen LogP contribution in [0.3, 0.4) is 0 Å². The van der Waals surface area contributed by atoms with Crippen molar-refractivity contribution in [2.24, 2.45) is 0 Å². The molecular weight excluding hydrogens is 273 g/mol. The average Bonchev–Trinajstić information content (AvgIpc) is 2.18. The van der Waals surface area contributed by atoms with Crippen LogP contribution in [0.1, 0.15) is 0 Å². The molecule has 1 rings (SSSR count). The van der Waals surface area contributed by atoms with Gasteiger partial charge in [0.15, 0.2) is 6.61 Å². The molecule has 1 heterocycles. The maximum Gasteiger partial charge on any atom is 0.341 e. The van der Waals surface area contributed by atoms with Crippen LogP contribution in [-0.2, 0) is 4.79 Å². The van der Waals surface area contributed by atoms with Crippen LogP contribution in [0.5, 0.6) is 5.88 Å². The summed E-state index contributed by atoms with van der Waals surface area (Å²) < 4.78 is 17.5. The number of hydrogen-bond donors (Lipinski definition) is 2. The summed E-state index contributed by atoms with van der Waals surface area (Å²) in [7, 11) is 0. The summed E-state index contributed by atoms with van der Waals surface area (Å²) in [6, 6.07) is 0. The topological polar surface area (TPSA) is 85.4 Å². The number of anilines is 1. The van der Waals surface area contributed by atoms with Crippen molar-refractivity contribution in [3.63, 3.8) is 0 Å². The summed E-state index contributed by atoms with van der Waals surface area (Å²) in [6.07, 6.45) is 0. The van der Waals surface area contributed by atoms with E-state index in [1.54, 1.807) is 0 Å². The fraction of sp³-hybridized carbons (Fsp3) is 0.143. The minimum Gasteiger partial charge on any atom is -0.479 e. The minimum atomic E-state index is -1.25. The summed E-state index contributed by atoms with van der Waals surface area (Å²) >= 11 is 11.0. The van der Waals surface area contributed by atoms with Gasteiger partial charge in [0, 0.05) is 29.6 Å². The molecule has 5 nitrogen and oxygen atoms in total. The number of nitrogens with two attached hydrogens (primary N) is 1. The van der Waals surface area contributed by atoms with E-state index in [0.717, 1.165) is 0 Å². The van der Waals surface area contributed by atoms with E-state index < -0.39 is 29.4 Å². The Hall–Kier alpha value is -0.270. The molecule has 0 aromatic carbocycles. The number of rotatable bonds is 3. The first kappa shape index (κ1) is 15.7. The van der Waals surface area contributed by atoms with E-state index in [4.69, 9.17) is 34.0 Å².